The van der Waals surface area contributed by atoms with Crippen molar-refractivity contribution < 1.29 is 26.8 Å². The van der Waals surface area contributed by atoms with E-state index in [9.17, 15) is 4.79 Å². The Bertz CT molecular complexity index is 166. The maximum atomic E-state index is 11.1. The lowest BCUT2D eigenvalue weighted by Gasteiger charge is -2.23. The number of hydrogen-bond donors (Lipinski definition) is 1. The van der Waals surface area contributed by atoms with E-state index in [0.717, 1.165) is 0 Å². The summed E-state index contributed by atoms with van der Waals surface area (Å²) in [7, 11) is 3.27. The highest BCUT2D eigenvalue weighted by atomic mass is 35.5. The van der Waals surface area contributed by atoms with Gasteiger partial charge in [0.05, 0.1) is 14.1 Å². The molecule has 0 saturated carbocycles. The number of halogens is 1. The van der Waals surface area contributed by atoms with Crippen molar-refractivity contribution in [1.29, 1.82) is 0 Å². The molecule has 0 heterocycles. The Morgan fingerprint density at radius 1 is 1.55 bits per heavy atom. The van der Waals surface area contributed by atoms with Gasteiger partial charge in [0.25, 0.3) is 0 Å². The lowest BCUT2D eigenvalue weighted by molar-refractivity contribution is -0.832. The molecule has 0 aliphatic heterocycles. The molecule has 0 unspecified atom stereocenters. The topological polar surface area (TPSA) is 37.3 Å². The number of hydrogen-bond acceptors (Lipinski definition) is 2. The van der Waals surface area contributed by atoms with E-state index in [2.05, 4.69) is 6.58 Å². The van der Waals surface area contributed by atoms with Gasteiger partial charge in [-0.05, 0) is 6.92 Å². The van der Waals surface area contributed by atoms with Gasteiger partial charge in [-0.1, -0.05) is 6.58 Å². The Balaban J connectivity index is 0. The lowest BCUT2D eigenvalue weighted by atomic mass is 10.3. The average Bonchev–Trinajstić information content (AvgIpc) is 1.86. The third-order valence-corrected chi connectivity index (χ3v) is 1.27. The Labute approximate surface area is 73.3 Å². The molecule has 0 spiro atoms. The SMILES string of the molecule is C=C(C)C(=O)[N+](C)(C)CO.[Cl-]. The van der Waals surface area contributed by atoms with E-state index in [1.165, 1.54) is 0 Å². The number of amides is 1. The molecule has 0 fully saturated rings. The molecule has 0 aliphatic carbocycles. The summed E-state index contributed by atoms with van der Waals surface area (Å²) in [6.07, 6.45) is 0. The number of likely N-dealkylation sites (N-methyl/N-ethyl adjacent to an activating group) is 1. The summed E-state index contributed by atoms with van der Waals surface area (Å²) < 4.78 is -0.0463. The van der Waals surface area contributed by atoms with Crippen LogP contribution in [-0.4, -0.2) is 36.3 Å². The van der Waals surface area contributed by atoms with Crippen LogP contribution in [0.3, 0.4) is 0 Å². The summed E-state index contributed by atoms with van der Waals surface area (Å²) in [6, 6.07) is 0. The van der Waals surface area contributed by atoms with Gasteiger partial charge in [0.2, 0.25) is 0 Å². The van der Waals surface area contributed by atoms with Gasteiger partial charge in [-0.3, -0.25) is 0 Å². The normalized spacial score (nSPS) is 10.2. The van der Waals surface area contributed by atoms with Crippen molar-refractivity contribution in [1.82, 2.24) is 0 Å². The van der Waals surface area contributed by atoms with E-state index in [-0.39, 0.29) is 29.5 Å². The number of aliphatic hydroxyl groups excluding tert-OH is 1. The van der Waals surface area contributed by atoms with Crippen LogP contribution in [0.2, 0.25) is 0 Å². The fourth-order valence-electron chi connectivity index (χ4n) is 0.581. The van der Waals surface area contributed by atoms with Crippen LogP contribution < -0.4 is 12.4 Å². The lowest BCUT2D eigenvalue weighted by Crippen LogP contribution is -3.00. The second-order valence-corrected chi connectivity index (χ2v) is 2.91. The van der Waals surface area contributed by atoms with Crippen LogP contribution in [0.1, 0.15) is 6.92 Å². The van der Waals surface area contributed by atoms with Gasteiger partial charge in [0, 0.05) is 5.57 Å². The van der Waals surface area contributed by atoms with Crippen LogP contribution in [0, 0.1) is 0 Å². The smallest absolute Gasteiger partial charge is 0.342 e. The van der Waals surface area contributed by atoms with Crippen LogP contribution in [0.4, 0.5) is 0 Å². The van der Waals surface area contributed by atoms with Crippen molar-refractivity contribution in [3.63, 3.8) is 0 Å². The van der Waals surface area contributed by atoms with Crippen LogP contribution in [-0.2, 0) is 4.79 Å². The molecule has 0 aromatic heterocycles. The average molecular weight is 180 g/mol. The van der Waals surface area contributed by atoms with E-state index in [1.54, 1.807) is 21.0 Å². The Hall–Kier alpha value is -0.380. The van der Waals surface area contributed by atoms with Gasteiger partial charge in [-0.2, -0.15) is 0 Å². The summed E-state index contributed by atoms with van der Waals surface area (Å²) in [5, 5.41) is 8.72. The van der Waals surface area contributed by atoms with Gasteiger partial charge in [-0.15, -0.1) is 0 Å². The molecule has 0 radical (unpaired) electrons. The first kappa shape index (κ1) is 13.2. The quantitative estimate of drug-likeness (QED) is 0.281. The van der Waals surface area contributed by atoms with E-state index in [1.807, 2.05) is 0 Å². The second-order valence-electron chi connectivity index (χ2n) is 2.91. The summed E-state index contributed by atoms with van der Waals surface area (Å²) in [5.74, 6) is -0.137. The van der Waals surface area contributed by atoms with Gasteiger partial charge >= 0.3 is 5.91 Å². The minimum Gasteiger partial charge on any atom is -1.00 e. The summed E-state index contributed by atoms with van der Waals surface area (Å²) >= 11 is 0. The van der Waals surface area contributed by atoms with E-state index in [0.29, 0.717) is 5.57 Å². The maximum absolute atomic E-state index is 11.1. The summed E-state index contributed by atoms with van der Waals surface area (Å²) in [4.78, 5) is 11.1. The Morgan fingerprint density at radius 3 is 2.00 bits per heavy atom. The zero-order valence-electron chi connectivity index (χ0n) is 7.09. The van der Waals surface area contributed by atoms with E-state index >= 15 is 0 Å². The van der Waals surface area contributed by atoms with Crippen molar-refractivity contribution in [3.05, 3.63) is 12.2 Å². The number of quaternary nitrogens is 1. The highest BCUT2D eigenvalue weighted by Crippen LogP contribution is 2.02. The molecule has 0 bridgehead atoms. The van der Waals surface area contributed by atoms with Crippen molar-refractivity contribution in [3.8, 4) is 0 Å². The molecule has 4 heteroatoms. The molecule has 0 aromatic carbocycles. The van der Waals surface area contributed by atoms with Gasteiger partial charge in [0.1, 0.15) is 0 Å². The maximum Gasteiger partial charge on any atom is 0.342 e. The van der Waals surface area contributed by atoms with Gasteiger partial charge in [-0.25, -0.2) is 9.28 Å². The molecule has 0 aliphatic rings. The number of carbonyl (C=O) groups excluding carboxylic acids is 1. The largest absolute Gasteiger partial charge is 1.00 e. The summed E-state index contributed by atoms with van der Waals surface area (Å²) in [5.41, 5.74) is 0.471. The molecule has 1 amide bonds. The molecule has 1 N–H and O–H groups in total. The van der Waals surface area contributed by atoms with Crippen LogP contribution in [0.5, 0.6) is 0 Å². The van der Waals surface area contributed by atoms with Crippen molar-refractivity contribution in [2.45, 2.75) is 6.92 Å². The highest BCUT2D eigenvalue weighted by Gasteiger charge is 2.25. The molecule has 0 rings (SSSR count). The van der Waals surface area contributed by atoms with Crippen molar-refractivity contribution in [2.24, 2.45) is 0 Å². The molecule has 0 saturated heterocycles. The molecule has 11 heavy (non-hydrogen) atoms. The Kier molecular flexibility index (Phi) is 5.40. The predicted molar refractivity (Wildman–Crippen MR) is 39.0 cm³/mol. The van der Waals surface area contributed by atoms with Crippen molar-refractivity contribution in [2.75, 3.05) is 20.8 Å². The third-order valence-electron chi connectivity index (χ3n) is 1.27. The molecule has 0 atom stereocenters. The fourth-order valence-corrected chi connectivity index (χ4v) is 0.581. The first-order valence-electron chi connectivity index (χ1n) is 3.06. The van der Waals surface area contributed by atoms with E-state index < -0.39 is 0 Å². The molecular weight excluding hydrogens is 166 g/mol. The molecule has 0 aromatic rings. The number of nitrogens with zero attached hydrogens (tertiary/aromatic N) is 1. The predicted octanol–water partition coefficient (Wildman–Crippen LogP) is -2.88. The third kappa shape index (κ3) is 3.51. The second kappa shape index (κ2) is 4.49. The highest BCUT2D eigenvalue weighted by molar-refractivity contribution is 5.86. The van der Waals surface area contributed by atoms with Gasteiger partial charge in [0.15, 0.2) is 6.73 Å². The minimum atomic E-state index is -0.189. The number of rotatable bonds is 2. The summed E-state index contributed by atoms with van der Waals surface area (Å²) in [6.45, 7) is 4.94. The minimum absolute atomic E-state index is 0. The number of carbonyl (C=O) groups is 1. The molecular formula is C7H14ClNO2. The first-order chi connectivity index (χ1) is 4.41. The molecule has 66 valence electrons. The van der Waals surface area contributed by atoms with Crippen molar-refractivity contribution >= 4 is 5.91 Å². The zero-order chi connectivity index (χ0) is 8.36. The first-order valence-corrected chi connectivity index (χ1v) is 3.06. The molecule has 3 nitrogen and oxygen atoms in total. The van der Waals surface area contributed by atoms with E-state index in [4.69, 9.17) is 5.11 Å². The standard InChI is InChI=1S/C7H14NO2.ClH/c1-6(2)7(10)8(3,4)5-9;/h9H,1,5H2,2-4H3;1H/q+1;/p-1. The monoisotopic (exact) mass is 179 g/mol. The van der Waals surface area contributed by atoms with Crippen LogP contribution in [0.25, 0.3) is 0 Å². The Morgan fingerprint density at radius 2 is 1.91 bits per heavy atom. The fraction of sp³-hybridized carbons (Fsp3) is 0.571. The zero-order valence-corrected chi connectivity index (χ0v) is 7.85. The van der Waals surface area contributed by atoms with Crippen LogP contribution >= 0.6 is 0 Å². The van der Waals surface area contributed by atoms with Crippen LogP contribution in [0.15, 0.2) is 12.2 Å². The van der Waals surface area contributed by atoms with Gasteiger partial charge < -0.3 is 17.5 Å². The number of aliphatic hydroxyl groups is 1.